The van der Waals surface area contributed by atoms with Crippen molar-refractivity contribution in [2.45, 2.75) is 117 Å². The van der Waals surface area contributed by atoms with E-state index in [-0.39, 0.29) is 29.2 Å². The molecule has 0 radical (unpaired) electrons. The van der Waals surface area contributed by atoms with Crippen LogP contribution in [-0.4, -0.2) is 23.4 Å². The first kappa shape index (κ1) is 31.7. The molecule has 1 atom stereocenters. The largest absolute Gasteiger partial charge is 0.338 e. The van der Waals surface area contributed by atoms with Gasteiger partial charge in [-0.05, 0) is 92.2 Å². The maximum absolute atomic E-state index is 12.9. The zero-order chi connectivity index (χ0) is 30.1. The van der Waals surface area contributed by atoms with Crippen molar-refractivity contribution in [1.29, 1.82) is 0 Å². The van der Waals surface area contributed by atoms with Gasteiger partial charge in [-0.25, -0.2) is 9.59 Å². The summed E-state index contributed by atoms with van der Waals surface area (Å²) >= 11 is 0. The number of oxime groups is 2. The van der Waals surface area contributed by atoms with Crippen LogP contribution < -0.4 is 0 Å². The molecule has 0 heterocycles. The number of nitrogens with zero attached hydrogens (tertiary/aromatic N) is 2. The van der Waals surface area contributed by atoms with Crippen LogP contribution in [0.2, 0.25) is 0 Å². The predicted octanol–water partition coefficient (Wildman–Crippen LogP) is 9.13. The minimum absolute atomic E-state index is 0.0638. The lowest BCUT2D eigenvalue weighted by Crippen LogP contribution is -2.23. The van der Waals surface area contributed by atoms with Gasteiger partial charge in [-0.3, -0.25) is 0 Å². The molecule has 1 saturated carbocycles. The van der Waals surface area contributed by atoms with E-state index in [1.807, 2.05) is 13.8 Å². The van der Waals surface area contributed by atoms with Crippen LogP contribution in [0.5, 0.6) is 0 Å². The summed E-state index contributed by atoms with van der Waals surface area (Å²) in [5.41, 5.74) is 7.53. The van der Waals surface area contributed by atoms with Crippen LogP contribution in [-0.2, 0) is 24.7 Å². The smallest absolute Gasteiger partial charge is 0.318 e. The summed E-state index contributed by atoms with van der Waals surface area (Å²) in [7, 11) is 0. The van der Waals surface area contributed by atoms with Gasteiger partial charge in [-0.2, -0.15) is 0 Å². The highest BCUT2D eigenvalue weighted by Crippen LogP contribution is 2.52. The third kappa shape index (κ3) is 6.85. The number of carbonyl (C=O) groups excluding carboxylic acids is 2. The highest BCUT2D eigenvalue weighted by molar-refractivity contribution is 6.03. The summed E-state index contributed by atoms with van der Waals surface area (Å²) < 4.78 is 0. The summed E-state index contributed by atoms with van der Waals surface area (Å²) in [6, 6.07) is 15.2. The molecule has 6 heteroatoms. The molecule has 6 nitrogen and oxygen atoms in total. The molecule has 2 aromatic rings. The second-order valence-electron chi connectivity index (χ2n) is 12.0. The Morgan fingerprint density at radius 2 is 1.60 bits per heavy atom. The molecule has 2 aromatic carbocycles. The van der Waals surface area contributed by atoms with Crippen molar-refractivity contribution in [3.8, 4) is 11.1 Å². The maximum atomic E-state index is 12.9. The number of rotatable bonds is 13. The molecule has 0 N–H and O–H groups in total. The Bertz CT molecular complexity index is 1300. The molecule has 0 aromatic heterocycles. The van der Waals surface area contributed by atoms with Gasteiger partial charge in [0.2, 0.25) is 0 Å². The van der Waals surface area contributed by atoms with E-state index in [1.54, 1.807) is 0 Å². The van der Waals surface area contributed by atoms with Gasteiger partial charge in [0.25, 0.3) is 0 Å². The van der Waals surface area contributed by atoms with Crippen molar-refractivity contribution < 1.29 is 19.3 Å². The van der Waals surface area contributed by atoms with Gasteiger partial charge in [-0.15, -0.1) is 0 Å². The monoisotopic (exact) mass is 572 g/mol. The first-order chi connectivity index (χ1) is 20.4. The Balaban J connectivity index is 1.60. The van der Waals surface area contributed by atoms with E-state index in [0.29, 0.717) is 24.3 Å². The summed E-state index contributed by atoms with van der Waals surface area (Å²) in [5.74, 6) is -0.722. The van der Waals surface area contributed by atoms with E-state index < -0.39 is 0 Å². The van der Waals surface area contributed by atoms with E-state index in [1.165, 1.54) is 28.7 Å². The number of carbonyl (C=O) groups is 2. The molecule has 42 heavy (non-hydrogen) atoms. The Morgan fingerprint density at radius 1 is 0.881 bits per heavy atom. The topological polar surface area (TPSA) is 77.3 Å². The van der Waals surface area contributed by atoms with Gasteiger partial charge in [0, 0.05) is 5.41 Å². The molecule has 0 bridgehead atoms. The quantitative estimate of drug-likeness (QED) is 0.136. The fourth-order valence-electron chi connectivity index (χ4n) is 6.78. The Kier molecular flexibility index (Phi) is 11.1. The van der Waals surface area contributed by atoms with Crippen molar-refractivity contribution in [2.75, 3.05) is 0 Å². The van der Waals surface area contributed by atoms with Crippen molar-refractivity contribution in [3.63, 3.8) is 0 Å². The van der Waals surface area contributed by atoms with Crippen LogP contribution in [0.4, 0.5) is 0 Å². The lowest BCUT2D eigenvalue weighted by atomic mass is 9.73. The van der Waals surface area contributed by atoms with Gasteiger partial charge in [0.05, 0.1) is 23.3 Å². The molecule has 2 aliphatic carbocycles. The fraction of sp³-hybridized carbons (Fsp3) is 0.556. The van der Waals surface area contributed by atoms with Gasteiger partial charge in [0.1, 0.15) is 0 Å². The second kappa shape index (κ2) is 14.8. The van der Waals surface area contributed by atoms with Crippen molar-refractivity contribution in [3.05, 3.63) is 59.2 Å². The summed E-state index contributed by atoms with van der Waals surface area (Å²) in [6.07, 6.45) is 10.5. The second-order valence-corrected chi connectivity index (χ2v) is 12.0. The zero-order valence-corrected chi connectivity index (χ0v) is 26.2. The van der Waals surface area contributed by atoms with E-state index >= 15 is 0 Å². The van der Waals surface area contributed by atoms with E-state index in [2.05, 4.69) is 73.5 Å². The Labute approximate surface area is 251 Å². The zero-order valence-electron chi connectivity index (χ0n) is 26.2. The highest BCUT2D eigenvalue weighted by atomic mass is 16.7. The van der Waals surface area contributed by atoms with E-state index in [0.717, 1.165) is 63.4 Å². The Hall–Kier alpha value is -3.28. The van der Waals surface area contributed by atoms with Gasteiger partial charge in [0.15, 0.2) is 0 Å². The summed E-state index contributed by atoms with van der Waals surface area (Å²) in [5, 5.41) is 8.63. The van der Waals surface area contributed by atoms with Crippen LogP contribution >= 0.6 is 0 Å². The van der Waals surface area contributed by atoms with Crippen LogP contribution in [0.3, 0.4) is 0 Å². The summed E-state index contributed by atoms with van der Waals surface area (Å²) in [4.78, 5) is 36.3. The number of hydrogen-bond donors (Lipinski definition) is 0. The average molecular weight is 573 g/mol. The molecule has 226 valence electrons. The van der Waals surface area contributed by atoms with E-state index in [4.69, 9.17) is 9.68 Å². The van der Waals surface area contributed by atoms with Gasteiger partial charge >= 0.3 is 11.9 Å². The first-order valence-electron chi connectivity index (χ1n) is 16.1. The standard InChI is InChI=1S/C36H48N2O4/c1-6-15-26(7-2)34(39)41-37-25(5)20-23-33(38-42-35(40)27-16-11-10-12-17-27)28-21-22-30-29-18-13-14-19-31(29)36(8-3,9-4)32(30)24-28/h13-14,18-19,21-22,24,26-27H,6-12,15-17,20,23H2,1-5H3/b37-25+,38-33+. The number of fused-ring (bicyclic) bond motifs is 3. The van der Waals surface area contributed by atoms with Crippen molar-refractivity contribution in [1.82, 2.24) is 0 Å². The minimum atomic E-state index is -0.275. The molecule has 0 aliphatic heterocycles. The fourth-order valence-corrected chi connectivity index (χ4v) is 6.78. The molecule has 0 spiro atoms. The van der Waals surface area contributed by atoms with Crippen LogP contribution in [0.15, 0.2) is 52.8 Å². The van der Waals surface area contributed by atoms with Gasteiger partial charge in [-0.1, -0.05) is 100 Å². The maximum Gasteiger partial charge on any atom is 0.338 e. The third-order valence-corrected chi connectivity index (χ3v) is 9.47. The van der Waals surface area contributed by atoms with Crippen LogP contribution in [0.25, 0.3) is 11.1 Å². The average Bonchev–Trinajstić information content (AvgIpc) is 3.32. The van der Waals surface area contributed by atoms with Crippen molar-refractivity contribution in [2.24, 2.45) is 22.1 Å². The molecule has 0 amide bonds. The normalized spacial score (nSPS) is 17.4. The molecular formula is C36H48N2O4. The molecular weight excluding hydrogens is 524 g/mol. The highest BCUT2D eigenvalue weighted by Gasteiger charge is 2.40. The molecule has 4 rings (SSSR count). The molecule has 1 unspecified atom stereocenters. The lowest BCUT2D eigenvalue weighted by molar-refractivity contribution is -0.150. The van der Waals surface area contributed by atoms with Crippen LogP contribution in [0, 0.1) is 11.8 Å². The molecule has 1 fully saturated rings. The van der Waals surface area contributed by atoms with Gasteiger partial charge < -0.3 is 9.68 Å². The van der Waals surface area contributed by atoms with Crippen LogP contribution in [0.1, 0.15) is 128 Å². The third-order valence-electron chi connectivity index (χ3n) is 9.47. The summed E-state index contributed by atoms with van der Waals surface area (Å²) in [6.45, 7) is 10.4. The SMILES string of the molecule is CCCC(CC)C(=O)O/N=C(\C)CC/C(=N\OC(=O)C1CCCCC1)c1ccc2c(c1)C(CC)(CC)c1ccccc1-2. The number of benzene rings is 2. The Morgan fingerprint density at radius 3 is 2.29 bits per heavy atom. The predicted molar refractivity (Wildman–Crippen MR) is 170 cm³/mol. The van der Waals surface area contributed by atoms with E-state index in [9.17, 15) is 9.59 Å². The first-order valence-corrected chi connectivity index (χ1v) is 16.1. The number of hydrogen-bond acceptors (Lipinski definition) is 6. The minimum Gasteiger partial charge on any atom is -0.318 e. The molecule has 0 saturated heterocycles. The van der Waals surface area contributed by atoms with Crippen molar-refractivity contribution >= 4 is 23.4 Å². The lowest BCUT2D eigenvalue weighted by Gasteiger charge is -2.30. The molecule has 2 aliphatic rings.